The smallest absolute Gasteiger partial charge is 0.115 e. The lowest BCUT2D eigenvalue weighted by atomic mass is 10.1. The predicted molar refractivity (Wildman–Crippen MR) is 71.2 cm³/mol. The molecule has 0 aliphatic heterocycles. The van der Waals surface area contributed by atoms with Gasteiger partial charge in [0.25, 0.3) is 0 Å². The molecule has 0 heterocycles. The first-order chi connectivity index (χ1) is 8.75. The molecule has 0 aromatic heterocycles. The van der Waals surface area contributed by atoms with E-state index in [0.717, 1.165) is 12.1 Å². The van der Waals surface area contributed by atoms with E-state index in [0.29, 0.717) is 6.54 Å². The summed E-state index contributed by atoms with van der Waals surface area (Å²) >= 11 is 0. The topological polar surface area (TPSA) is 52.5 Å². The van der Waals surface area contributed by atoms with Crippen LogP contribution < -0.4 is 5.32 Å². The first-order valence-electron chi connectivity index (χ1n) is 5.97. The van der Waals surface area contributed by atoms with Gasteiger partial charge in [-0.25, -0.2) is 0 Å². The minimum atomic E-state index is -0.610. The van der Waals surface area contributed by atoms with E-state index in [9.17, 15) is 10.2 Å². The van der Waals surface area contributed by atoms with Crippen molar-refractivity contribution in [1.29, 1.82) is 0 Å². The van der Waals surface area contributed by atoms with Crippen molar-refractivity contribution in [3.63, 3.8) is 0 Å². The third kappa shape index (κ3) is 3.58. The normalized spacial score (nSPS) is 12.3. The third-order valence-electron chi connectivity index (χ3n) is 2.76. The maximum atomic E-state index is 9.95. The molecule has 3 N–H and O–H groups in total. The van der Waals surface area contributed by atoms with Crippen LogP contribution in [0.15, 0.2) is 54.6 Å². The van der Waals surface area contributed by atoms with Gasteiger partial charge in [0.2, 0.25) is 0 Å². The maximum absolute atomic E-state index is 9.95. The lowest BCUT2D eigenvalue weighted by molar-refractivity contribution is 0.174. The Morgan fingerprint density at radius 3 is 2.50 bits per heavy atom. The minimum Gasteiger partial charge on any atom is -0.508 e. The molecule has 1 unspecified atom stereocenters. The Labute approximate surface area is 107 Å². The van der Waals surface area contributed by atoms with Crippen molar-refractivity contribution in [3.05, 3.63) is 65.7 Å². The number of aliphatic hydroxyl groups is 1. The number of nitrogens with one attached hydrogen (secondary N) is 1. The molecule has 3 heteroatoms. The fraction of sp³-hybridized carbons (Fsp3) is 0.200. The molecule has 0 amide bonds. The van der Waals surface area contributed by atoms with Gasteiger partial charge >= 0.3 is 0 Å². The van der Waals surface area contributed by atoms with Gasteiger partial charge in [-0.15, -0.1) is 0 Å². The summed E-state index contributed by atoms with van der Waals surface area (Å²) in [6.07, 6.45) is -0.610. The zero-order chi connectivity index (χ0) is 12.8. The third-order valence-corrected chi connectivity index (χ3v) is 2.76. The fourth-order valence-electron chi connectivity index (χ4n) is 1.80. The number of hydrogen-bond acceptors (Lipinski definition) is 3. The Hall–Kier alpha value is -1.84. The van der Waals surface area contributed by atoms with Crippen molar-refractivity contribution < 1.29 is 10.2 Å². The highest BCUT2D eigenvalue weighted by Crippen LogP contribution is 2.17. The van der Waals surface area contributed by atoms with Gasteiger partial charge in [0.1, 0.15) is 5.75 Å². The van der Waals surface area contributed by atoms with Gasteiger partial charge in [0.15, 0.2) is 0 Å². The van der Waals surface area contributed by atoms with Crippen LogP contribution in [0, 0.1) is 0 Å². The standard InChI is InChI=1S/C15H17NO2/c17-14-8-4-7-13(9-14)15(18)11-16-10-12-5-2-1-3-6-12/h1-9,15-18H,10-11H2. The quantitative estimate of drug-likeness (QED) is 0.754. The average Bonchev–Trinajstić information content (AvgIpc) is 2.40. The highest BCUT2D eigenvalue weighted by molar-refractivity contribution is 5.28. The molecule has 2 rings (SSSR count). The number of phenolic OH excluding ortho intramolecular Hbond substituents is 1. The molecule has 0 radical (unpaired) electrons. The Bertz CT molecular complexity index is 485. The van der Waals surface area contributed by atoms with Crippen molar-refractivity contribution in [2.24, 2.45) is 0 Å². The molecule has 3 nitrogen and oxygen atoms in total. The van der Waals surface area contributed by atoms with Crippen LogP contribution in [0.3, 0.4) is 0 Å². The van der Waals surface area contributed by atoms with Crippen LogP contribution in [0.2, 0.25) is 0 Å². The number of aromatic hydroxyl groups is 1. The first-order valence-corrected chi connectivity index (χ1v) is 5.97. The van der Waals surface area contributed by atoms with Gasteiger partial charge in [-0.3, -0.25) is 0 Å². The molecule has 0 fully saturated rings. The highest BCUT2D eigenvalue weighted by Gasteiger charge is 2.07. The Balaban J connectivity index is 1.83. The number of rotatable bonds is 5. The van der Waals surface area contributed by atoms with Gasteiger partial charge in [-0.05, 0) is 23.3 Å². The minimum absolute atomic E-state index is 0.176. The second-order valence-corrected chi connectivity index (χ2v) is 4.23. The van der Waals surface area contributed by atoms with Crippen LogP contribution in [-0.2, 0) is 6.54 Å². The molecule has 0 saturated carbocycles. The summed E-state index contributed by atoms with van der Waals surface area (Å²) in [5.74, 6) is 0.176. The molecule has 0 saturated heterocycles. The lowest BCUT2D eigenvalue weighted by Gasteiger charge is -2.12. The Morgan fingerprint density at radius 2 is 1.78 bits per heavy atom. The Kier molecular flexibility index (Phi) is 4.34. The zero-order valence-corrected chi connectivity index (χ0v) is 10.1. The molecule has 1 atom stereocenters. The molecule has 0 aliphatic carbocycles. The highest BCUT2D eigenvalue weighted by atomic mass is 16.3. The van der Waals surface area contributed by atoms with E-state index in [1.807, 2.05) is 30.3 Å². The van der Waals surface area contributed by atoms with Gasteiger partial charge in [0, 0.05) is 13.1 Å². The summed E-state index contributed by atoms with van der Waals surface area (Å²) < 4.78 is 0. The molecule has 0 spiro atoms. The molecule has 0 bridgehead atoms. The van der Waals surface area contributed by atoms with Crippen molar-refractivity contribution in [1.82, 2.24) is 5.32 Å². The van der Waals surface area contributed by atoms with E-state index < -0.39 is 6.10 Å². The maximum Gasteiger partial charge on any atom is 0.115 e. The van der Waals surface area contributed by atoms with Crippen LogP contribution in [0.4, 0.5) is 0 Å². The molecular formula is C15H17NO2. The van der Waals surface area contributed by atoms with Crippen molar-refractivity contribution in [2.45, 2.75) is 12.6 Å². The predicted octanol–water partition coefficient (Wildman–Crippen LogP) is 2.22. The van der Waals surface area contributed by atoms with E-state index in [1.165, 1.54) is 5.56 Å². The van der Waals surface area contributed by atoms with Gasteiger partial charge in [-0.2, -0.15) is 0 Å². The average molecular weight is 243 g/mol. The summed E-state index contributed by atoms with van der Waals surface area (Å²) in [4.78, 5) is 0. The molecule has 2 aromatic carbocycles. The lowest BCUT2D eigenvalue weighted by Crippen LogP contribution is -2.20. The second kappa shape index (κ2) is 6.19. The van der Waals surface area contributed by atoms with Crippen LogP contribution >= 0.6 is 0 Å². The first kappa shape index (κ1) is 12.6. The SMILES string of the molecule is Oc1cccc(C(O)CNCc2ccccc2)c1. The second-order valence-electron chi connectivity index (χ2n) is 4.23. The van der Waals surface area contributed by atoms with Gasteiger partial charge in [-0.1, -0.05) is 42.5 Å². The monoisotopic (exact) mass is 243 g/mol. The summed E-state index contributed by atoms with van der Waals surface area (Å²) in [5, 5.41) is 22.5. The molecule has 0 aliphatic rings. The van der Waals surface area contributed by atoms with E-state index in [2.05, 4.69) is 5.32 Å². The van der Waals surface area contributed by atoms with E-state index in [-0.39, 0.29) is 5.75 Å². The van der Waals surface area contributed by atoms with Crippen molar-refractivity contribution in [2.75, 3.05) is 6.54 Å². The van der Waals surface area contributed by atoms with E-state index in [1.54, 1.807) is 24.3 Å². The number of hydrogen-bond donors (Lipinski definition) is 3. The van der Waals surface area contributed by atoms with Crippen molar-refractivity contribution in [3.8, 4) is 5.75 Å². The Morgan fingerprint density at radius 1 is 1.00 bits per heavy atom. The van der Waals surface area contributed by atoms with Crippen LogP contribution in [-0.4, -0.2) is 16.8 Å². The summed E-state index contributed by atoms with van der Waals surface area (Å²) in [5.41, 5.74) is 1.90. The van der Waals surface area contributed by atoms with Crippen molar-refractivity contribution >= 4 is 0 Å². The van der Waals surface area contributed by atoms with Crippen LogP contribution in [0.5, 0.6) is 5.75 Å². The molecular weight excluding hydrogens is 226 g/mol. The largest absolute Gasteiger partial charge is 0.508 e. The number of benzene rings is 2. The molecule has 94 valence electrons. The van der Waals surface area contributed by atoms with Gasteiger partial charge in [0.05, 0.1) is 6.10 Å². The van der Waals surface area contributed by atoms with Crippen LogP contribution in [0.1, 0.15) is 17.2 Å². The molecule has 2 aromatic rings. The number of phenols is 1. The summed E-state index contributed by atoms with van der Waals surface area (Å²) in [6.45, 7) is 1.18. The molecule has 18 heavy (non-hydrogen) atoms. The van der Waals surface area contributed by atoms with Crippen LogP contribution in [0.25, 0.3) is 0 Å². The van der Waals surface area contributed by atoms with E-state index in [4.69, 9.17) is 0 Å². The fourth-order valence-corrected chi connectivity index (χ4v) is 1.80. The van der Waals surface area contributed by atoms with E-state index >= 15 is 0 Å². The summed E-state index contributed by atoms with van der Waals surface area (Å²) in [6, 6.07) is 16.7. The number of aliphatic hydroxyl groups excluding tert-OH is 1. The zero-order valence-electron chi connectivity index (χ0n) is 10.1. The summed E-state index contributed by atoms with van der Waals surface area (Å²) in [7, 11) is 0. The van der Waals surface area contributed by atoms with Gasteiger partial charge < -0.3 is 15.5 Å².